The maximum atomic E-state index is 12.3. The van der Waals surface area contributed by atoms with E-state index in [1.54, 1.807) is 41.5 Å². The fraction of sp³-hybridized carbons (Fsp3) is 0.812. The first kappa shape index (κ1) is 25.1. The Hall–Kier alpha value is -1.91. The van der Waals surface area contributed by atoms with Crippen molar-refractivity contribution in [3.8, 4) is 0 Å². The predicted octanol–water partition coefficient (Wildman–Crippen LogP) is 0.963. The second kappa shape index (κ2) is 9.86. The molecule has 158 valence electrons. The highest BCUT2D eigenvalue weighted by Crippen LogP contribution is 2.11. The fourth-order valence-corrected chi connectivity index (χ4v) is 2.96. The van der Waals surface area contributed by atoms with E-state index in [0.717, 1.165) is 0 Å². The molecule has 0 heterocycles. The molecule has 9 nitrogen and oxygen atoms in total. The van der Waals surface area contributed by atoms with Gasteiger partial charge >= 0.3 is 12.1 Å². The number of amidine groups is 1. The van der Waals surface area contributed by atoms with Crippen LogP contribution in [-0.2, 0) is 24.1 Å². The summed E-state index contributed by atoms with van der Waals surface area (Å²) in [4.78, 5) is 27.8. The normalized spacial score (nSPS) is 14.4. The van der Waals surface area contributed by atoms with Gasteiger partial charge in [-0.2, -0.15) is 0 Å². The number of esters is 1. The lowest BCUT2D eigenvalue weighted by Gasteiger charge is -2.26. The molecule has 0 aromatic rings. The fourth-order valence-electron chi connectivity index (χ4n) is 1.70. The van der Waals surface area contributed by atoms with Crippen LogP contribution in [0, 0.1) is 0 Å². The number of nitrogens with zero attached hydrogens (tertiary/aromatic N) is 1. The zero-order chi connectivity index (χ0) is 21.5. The molecular formula is C16H30FN3O6S. The molecule has 0 aliphatic heterocycles. The van der Waals surface area contributed by atoms with E-state index in [4.69, 9.17) is 15.2 Å². The van der Waals surface area contributed by atoms with Gasteiger partial charge in [-0.15, -0.1) is 0 Å². The van der Waals surface area contributed by atoms with E-state index in [0.29, 0.717) is 0 Å². The van der Waals surface area contributed by atoms with Crippen LogP contribution < -0.4 is 11.1 Å². The number of rotatable bonds is 8. The molecule has 27 heavy (non-hydrogen) atoms. The molecule has 0 aromatic carbocycles. The van der Waals surface area contributed by atoms with Crippen molar-refractivity contribution in [3.05, 3.63) is 0 Å². The number of nitrogens with two attached hydrogens (primary N) is 1. The van der Waals surface area contributed by atoms with E-state index in [1.165, 1.54) is 0 Å². The molecule has 0 spiro atoms. The van der Waals surface area contributed by atoms with Gasteiger partial charge in [0, 0.05) is 0 Å². The average Bonchev–Trinajstić information content (AvgIpc) is 2.41. The first-order valence-electron chi connectivity index (χ1n) is 8.32. The topological polar surface area (TPSA) is 137 Å². The molecule has 1 atom stereocenters. The molecule has 3 N–H and O–H groups in total. The summed E-state index contributed by atoms with van der Waals surface area (Å²) in [6.07, 6.45) is -0.951. The van der Waals surface area contributed by atoms with Crippen molar-refractivity contribution in [2.45, 2.75) is 58.8 Å². The summed E-state index contributed by atoms with van der Waals surface area (Å²) in [6.45, 7) is 8.46. The first-order chi connectivity index (χ1) is 12.0. The van der Waals surface area contributed by atoms with Crippen LogP contribution in [0.15, 0.2) is 4.99 Å². The highest BCUT2D eigenvalue weighted by atomic mass is 32.2. The van der Waals surface area contributed by atoms with Crippen LogP contribution in [-0.4, -0.2) is 68.3 Å². The van der Waals surface area contributed by atoms with Crippen molar-refractivity contribution < 1.29 is 31.9 Å². The maximum absolute atomic E-state index is 12.3. The molecule has 1 unspecified atom stereocenters. The van der Waals surface area contributed by atoms with Crippen molar-refractivity contribution in [2.75, 3.05) is 24.7 Å². The van der Waals surface area contributed by atoms with Crippen molar-refractivity contribution in [1.29, 1.82) is 0 Å². The molecule has 11 heteroatoms. The minimum absolute atomic E-state index is 0.258. The van der Waals surface area contributed by atoms with Gasteiger partial charge in [-0.1, -0.05) is 0 Å². The number of carbonyl (C=O) groups is 2. The number of nitrogens with one attached hydrogen (secondary N) is 1. The summed E-state index contributed by atoms with van der Waals surface area (Å²) in [5.74, 6) is -2.42. The lowest BCUT2D eigenvalue weighted by Crippen LogP contribution is -2.49. The molecule has 0 radical (unpaired) electrons. The lowest BCUT2D eigenvalue weighted by molar-refractivity contribution is -0.156. The van der Waals surface area contributed by atoms with Gasteiger partial charge in [0.15, 0.2) is 9.84 Å². The average molecular weight is 411 g/mol. The molecule has 0 rings (SSSR count). The van der Waals surface area contributed by atoms with Crippen LogP contribution >= 0.6 is 0 Å². The van der Waals surface area contributed by atoms with Crippen LogP contribution in [0.3, 0.4) is 0 Å². The number of ether oxygens (including phenoxy) is 2. The summed E-state index contributed by atoms with van der Waals surface area (Å²) >= 11 is 0. The number of hydrogen-bond acceptors (Lipinski definition) is 7. The summed E-state index contributed by atoms with van der Waals surface area (Å²) in [7, 11) is -3.83. The van der Waals surface area contributed by atoms with Crippen molar-refractivity contribution >= 4 is 27.7 Å². The van der Waals surface area contributed by atoms with Crippen LogP contribution in [0.1, 0.15) is 41.5 Å². The van der Waals surface area contributed by atoms with Gasteiger partial charge < -0.3 is 20.5 Å². The largest absolute Gasteiger partial charge is 0.458 e. The minimum atomic E-state index is -3.83. The monoisotopic (exact) mass is 411 g/mol. The third-order valence-electron chi connectivity index (χ3n) is 2.66. The number of carbonyl (C=O) groups excluding carboxylic acids is 2. The zero-order valence-corrected chi connectivity index (χ0v) is 17.5. The molecule has 0 aromatic heterocycles. The Morgan fingerprint density at radius 1 is 1.11 bits per heavy atom. The second-order valence-corrected chi connectivity index (χ2v) is 10.1. The number of sulfone groups is 1. The summed E-state index contributed by atoms with van der Waals surface area (Å²) < 4.78 is 46.9. The van der Waals surface area contributed by atoms with Gasteiger partial charge in [-0.05, 0) is 41.5 Å². The molecule has 0 saturated heterocycles. The van der Waals surface area contributed by atoms with Gasteiger partial charge in [-0.25, -0.2) is 22.4 Å². The minimum Gasteiger partial charge on any atom is -0.458 e. The van der Waals surface area contributed by atoms with E-state index in [2.05, 4.69) is 10.3 Å². The molecule has 0 bridgehead atoms. The van der Waals surface area contributed by atoms with Crippen LogP contribution in [0.2, 0.25) is 0 Å². The molecule has 0 aliphatic rings. The Morgan fingerprint density at radius 3 is 2.07 bits per heavy atom. The Labute approximate surface area is 159 Å². The van der Waals surface area contributed by atoms with E-state index in [-0.39, 0.29) is 12.4 Å². The van der Waals surface area contributed by atoms with Crippen molar-refractivity contribution in [2.24, 2.45) is 10.7 Å². The Balaban J connectivity index is 5.23. The van der Waals surface area contributed by atoms with Crippen LogP contribution in [0.25, 0.3) is 0 Å². The summed E-state index contributed by atoms with van der Waals surface area (Å²) in [5.41, 5.74) is 3.46. The number of alkyl halides is 1. The number of alkyl carbamates (subject to hydrolysis) is 1. The van der Waals surface area contributed by atoms with Gasteiger partial charge in [0.2, 0.25) is 0 Å². The van der Waals surface area contributed by atoms with Gasteiger partial charge in [0.1, 0.15) is 29.8 Å². The van der Waals surface area contributed by atoms with Gasteiger partial charge in [0.05, 0.1) is 18.1 Å². The predicted molar refractivity (Wildman–Crippen MR) is 100 cm³/mol. The number of aliphatic imine (C=N–C) groups is 1. The van der Waals surface area contributed by atoms with Crippen LogP contribution in [0.5, 0.6) is 0 Å². The molecule has 1 amide bonds. The lowest BCUT2D eigenvalue weighted by atomic mass is 10.2. The number of halogens is 1. The van der Waals surface area contributed by atoms with Crippen molar-refractivity contribution in [1.82, 2.24) is 5.32 Å². The SMILES string of the molecule is CC(C)(C)OC(=O)NC(CS(=O)(=O)CCN=C(N)CF)C(=O)OC(C)(C)C. The molecular weight excluding hydrogens is 381 g/mol. The Kier molecular flexibility index (Phi) is 9.16. The highest BCUT2D eigenvalue weighted by Gasteiger charge is 2.32. The standard InChI is InChI=1S/C16H30FN3O6S/c1-15(2,3)25-13(21)11(20-14(22)26-16(4,5)6)10-27(23,24)8-7-19-12(18)9-17/h11H,7-10H2,1-6H3,(H2,18,19)(H,20,22). The van der Waals surface area contributed by atoms with E-state index < -0.39 is 57.3 Å². The quantitative estimate of drug-likeness (QED) is 0.345. The zero-order valence-electron chi connectivity index (χ0n) is 16.7. The Morgan fingerprint density at radius 2 is 1.63 bits per heavy atom. The third kappa shape index (κ3) is 13.0. The second-order valence-electron chi connectivity index (χ2n) is 7.85. The molecule has 0 saturated carbocycles. The third-order valence-corrected chi connectivity index (χ3v) is 4.30. The smallest absolute Gasteiger partial charge is 0.408 e. The van der Waals surface area contributed by atoms with Crippen LogP contribution in [0.4, 0.5) is 9.18 Å². The number of hydrogen-bond donors (Lipinski definition) is 2. The number of amides is 1. The van der Waals surface area contributed by atoms with E-state index >= 15 is 0 Å². The first-order valence-corrected chi connectivity index (χ1v) is 10.1. The molecule has 0 aliphatic carbocycles. The summed E-state index contributed by atoms with van der Waals surface area (Å²) in [5, 5.41) is 2.23. The summed E-state index contributed by atoms with van der Waals surface area (Å²) in [6, 6.07) is -1.47. The highest BCUT2D eigenvalue weighted by molar-refractivity contribution is 7.91. The van der Waals surface area contributed by atoms with E-state index in [1.807, 2.05) is 0 Å². The van der Waals surface area contributed by atoms with Crippen molar-refractivity contribution in [3.63, 3.8) is 0 Å². The van der Waals surface area contributed by atoms with Gasteiger partial charge in [0.25, 0.3) is 0 Å². The molecule has 0 fully saturated rings. The van der Waals surface area contributed by atoms with E-state index in [9.17, 15) is 22.4 Å². The maximum Gasteiger partial charge on any atom is 0.408 e. The Bertz CT molecular complexity index is 650. The van der Waals surface area contributed by atoms with Gasteiger partial charge in [-0.3, -0.25) is 4.99 Å².